The van der Waals surface area contributed by atoms with Crippen molar-refractivity contribution in [3.05, 3.63) is 457 Å². The highest BCUT2D eigenvalue weighted by molar-refractivity contribution is 5.94. The largest absolute Gasteiger partial charge is 0.310 e. The number of para-hydroxylation sites is 1. The second-order valence-corrected chi connectivity index (χ2v) is 26.6. The molecule has 15 aromatic rings. The molecule has 100 heavy (non-hydrogen) atoms. The van der Waals surface area contributed by atoms with Crippen LogP contribution >= 0.6 is 0 Å². The van der Waals surface area contributed by atoms with Gasteiger partial charge in [-0.3, -0.25) is 0 Å². The van der Waals surface area contributed by atoms with E-state index < -0.39 is 10.8 Å². The summed E-state index contributed by atoms with van der Waals surface area (Å²) in [6.07, 6.45) is 7.99. The lowest BCUT2D eigenvalue weighted by molar-refractivity contribution is 0.693. The minimum atomic E-state index is -0.641. The van der Waals surface area contributed by atoms with Gasteiger partial charge < -0.3 is 9.80 Å². The van der Waals surface area contributed by atoms with Crippen molar-refractivity contribution in [2.45, 2.75) is 23.2 Å². The van der Waals surface area contributed by atoms with Gasteiger partial charge in [0.2, 0.25) is 0 Å². The van der Waals surface area contributed by atoms with Crippen molar-refractivity contribution in [3.63, 3.8) is 0 Å². The Morgan fingerprint density at radius 1 is 0.240 bits per heavy atom. The molecule has 0 fully saturated rings. The third-order valence-electron chi connectivity index (χ3n) is 21.2. The van der Waals surface area contributed by atoms with Crippen LogP contribution in [0.5, 0.6) is 0 Å². The summed E-state index contributed by atoms with van der Waals surface area (Å²) < 4.78 is 0. The Balaban J connectivity index is 0.748. The summed E-state index contributed by atoms with van der Waals surface area (Å²) in [5.41, 5.74) is 31.3. The van der Waals surface area contributed by atoms with Crippen molar-refractivity contribution >= 4 is 34.1 Å². The highest BCUT2D eigenvalue weighted by Gasteiger charge is 2.51. The molecule has 0 aliphatic heterocycles. The number of benzene rings is 15. The molecule has 0 N–H and O–H groups in total. The van der Waals surface area contributed by atoms with Gasteiger partial charge in [-0.15, -0.1) is 0 Å². The zero-order valence-corrected chi connectivity index (χ0v) is 55.4. The van der Waals surface area contributed by atoms with Crippen LogP contribution in [0.4, 0.5) is 34.1 Å². The molecule has 0 saturated heterocycles. The van der Waals surface area contributed by atoms with Crippen molar-refractivity contribution in [3.8, 4) is 66.8 Å². The molecule has 3 unspecified atom stereocenters. The van der Waals surface area contributed by atoms with Gasteiger partial charge in [0.25, 0.3) is 0 Å². The first-order chi connectivity index (χ1) is 49.6. The molecule has 3 aliphatic carbocycles. The Morgan fingerprint density at radius 2 is 0.630 bits per heavy atom. The van der Waals surface area contributed by atoms with Gasteiger partial charge in [-0.05, 0) is 190 Å². The number of hydrogen-bond donors (Lipinski definition) is 0. The SMILES string of the molecule is C1=CCC2C(=C1)C(c1ccccc1)(c1ccc(-c3cccc(C4(c5ccccc5)c5ccccc5-c5cc(N(c6ccc(-c7ccccc7)cc6)c6ccccc6-c6ccccc6)ccc54)c3)cc1)c1ccc(N(c3ccc(-c4ccccc4)cc3)c3ccc(-c4ccccc4)cc3)cc12. The summed E-state index contributed by atoms with van der Waals surface area (Å²) in [6, 6.07) is 144. The average Bonchev–Trinajstić information content (AvgIpc) is 1.54. The third-order valence-corrected chi connectivity index (χ3v) is 21.2. The Kier molecular flexibility index (Phi) is 15.2. The first-order valence-corrected chi connectivity index (χ1v) is 34.9. The van der Waals surface area contributed by atoms with Gasteiger partial charge in [0.15, 0.2) is 0 Å². The molecule has 0 saturated carbocycles. The summed E-state index contributed by atoms with van der Waals surface area (Å²) >= 11 is 0. The van der Waals surface area contributed by atoms with E-state index in [-0.39, 0.29) is 5.92 Å². The van der Waals surface area contributed by atoms with E-state index in [4.69, 9.17) is 0 Å². The highest BCUT2D eigenvalue weighted by atomic mass is 15.1. The first kappa shape index (κ1) is 59.8. The van der Waals surface area contributed by atoms with Crippen LogP contribution in [-0.2, 0) is 10.8 Å². The number of fused-ring (bicyclic) bond motifs is 6. The van der Waals surface area contributed by atoms with E-state index in [1.54, 1.807) is 0 Å². The maximum absolute atomic E-state index is 2.50. The minimum Gasteiger partial charge on any atom is -0.310 e. The van der Waals surface area contributed by atoms with E-state index in [0.29, 0.717) is 0 Å². The fraction of sp³-hybridized carbons (Fsp3) is 0.0408. The minimum absolute atomic E-state index is 0.168. The Labute approximate surface area is 586 Å². The number of allylic oxidation sites excluding steroid dienone is 4. The van der Waals surface area contributed by atoms with E-state index in [9.17, 15) is 0 Å². The molecule has 0 bridgehead atoms. The standard InChI is InChI=1S/C98H70N2/c1-7-26-69(27-8-1)72-48-56-82(57-49-72)99(83-58-50-73(51-59-83)70-28-9-2-10-29-70)85-62-64-94-90(67-85)88-41-19-22-43-92(88)97(94,78-35-15-5-16-36-78)80-54-46-75(47-55-80)77-34-25-39-81(66-77)98(79-37-17-6-18-38-79)93-44-23-20-42-89(93)91-68-86(63-65-95(91)98)100(84-60-52-74(53-61-84)71-30-11-3-12-31-71)96-45-24-21-40-87(96)76-32-13-4-14-33-76/h1-40,42-68,88H,41H2. The molecule has 2 heteroatoms. The average molecular weight is 1280 g/mol. The lowest BCUT2D eigenvalue weighted by atomic mass is 9.66. The third kappa shape index (κ3) is 10.2. The summed E-state index contributed by atoms with van der Waals surface area (Å²) in [6.45, 7) is 0. The lowest BCUT2D eigenvalue weighted by Gasteiger charge is -2.36. The Bertz CT molecular complexity index is 5430. The molecule has 472 valence electrons. The number of hydrogen-bond acceptors (Lipinski definition) is 2. The van der Waals surface area contributed by atoms with Crippen molar-refractivity contribution in [2.75, 3.05) is 9.80 Å². The fourth-order valence-electron chi connectivity index (χ4n) is 16.7. The van der Waals surface area contributed by atoms with Crippen molar-refractivity contribution < 1.29 is 0 Å². The molecule has 2 nitrogen and oxygen atoms in total. The maximum Gasteiger partial charge on any atom is 0.0713 e. The van der Waals surface area contributed by atoms with E-state index >= 15 is 0 Å². The summed E-state index contributed by atoms with van der Waals surface area (Å²) in [5.74, 6) is 0.168. The van der Waals surface area contributed by atoms with Crippen LogP contribution in [0.2, 0.25) is 0 Å². The Morgan fingerprint density at radius 3 is 1.20 bits per heavy atom. The van der Waals surface area contributed by atoms with Crippen LogP contribution in [0, 0.1) is 0 Å². The van der Waals surface area contributed by atoms with Crippen LogP contribution < -0.4 is 9.80 Å². The quantitative estimate of drug-likeness (QED) is 0.101. The molecule has 0 radical (unpaired) electrons. The zero-order chi connectivity index (χ0) is 66.4. The Hall–Kier alpha value is -12.6. The molecule has 0 aromatic heterocycles. The van der Waals surface area contributed by atoms with Crippen molar-refractivity contribution in [1.82, 2.24) is 0 Å². The van der Waals surface area contributed by atoms with E-state index in [2.05, 4.69) is 416 Å². The normalized spacial score (nSPS) is 16.2. The van der Waals surface area contributed by atoms with Crippen LogP contribution in [-0.4, -0.2) is 0 Å². The van der Waals surface area contributed by atoms with Crippen molar-refractivity contribution in [2.24, 2.45) is 0 Å². The monoisotopic (exact) mass is 1270 g/mol. The van der Waals surface area contributed by atoms with Gasteiger partial charge in [0.05, 0.1) is 16.5 Å². The summed E-state index contributed by atoms with van der Waals surface area (Å²) in [4.78, 5) is 4.89. The first-order valence-electron chi connectivity index (χ1n) is 34.9. The molecular formula is C98H70N2. The van der Waals surface area contributed by atoms with Crippen LogP contribution in [0.1, 0.15) is 56.8 Å². The van der Waals surface area contributed by atoms with Crippen molar-refractivity contribution in [1.29, 1.82) is 0 Å². The second-order valence-electron chi connectivity index (χ2n) is 26.6. The van der Waals surface area contributed by atoms with Gasteiger partial charge >= 0.3 is 0 Å². The summed E-state index contributed by atoms with van der Waals surface area (Å²) in [7, 11) is 0. The second kappa shape index (κ2) is 25.4. The lowest BCUT2D eigenvalue weighted by Crippen LogP contribution is -2.29. The molecule has 3 atom stereocenters. The van der Waals surface area contributed by atoms with Gasteiger partial charge in [-0.1, -0.05) is 334 Å². The number of nitrogens with zero attached hydrogens (tertiary/aromatic N) is 2. The van der Waals surface area contributed by atoms with E-state index in [0.717, 1.165) is 46.1 Å². The van der Waals surface area contributed by atoms with E-state index in [1.165, 1.54) is 111 Å². The fourth-order valence-corrected chi connectivity index (χ4v) is 16.7. The predicted octanol–water partition coefficient (Wildman–Crippen LogP) is 25.6. The molecule has 0 heterocycles. The molecule has 0 amide bonds. The number of rotatable bonds is 15. The van der Waals surface area contributed by atoms with Gasteiger partial charge in [-0.2, -0.15) is 0 Å². The number of anilines is 6. The highest BCUT2D eigenvalue weighted by Crippen LogP contribution is 2.62. The van der Waals surface area contributed by atoms with Crippen LogP contribution in [0.25, 0.3) is 66.8 Å². The van der Waals surface area contributed by atoms with Gasteiger partial charge in [0, 0.05) is 39.9 Å². The predicted molar refractivity (Wildman–Crippen MR) is 418 cm³/mol. The van der Waals surface area contributed by atoms with E-state index in [1.807, 2.05) is 0 Å². The van der Waals surface area contributed by atoms with Crippen LogP contribution in [0.15, 0.2) is 412 Å². The molecule has 3 aliphatic rings. The zero-order valence-electron chi connectivity index (χ0n) is 55.4. The molecule has 0 spiro atoms. The van der Waals surface area contributed by atoms with Gasteiger partial charge in [0.1, 0.15) is 0 Å². The summed E-state index contributed by atoms with van der Waals surface area (Å²) in [5, 5.41) is 0. The molecule has 15 aromatic carbocycles. The molecular weight excluding hydrogens is 1210 g/mol. The van der Waals surface area contributed by atoms with Gasteiger partial charge in [-0.25, -0.2) is 0 Å². The maximum atomic E-state index is 2.50. The molecule has 18 rings (SSSR count). The smallest absolute Gasteiger partial charge is 0.0713 e. The topological polar surface area (TPSA) is 6.48 Å². The van der Waals surface area contributed by atoms with Crippen LogP contribution in [0.3, 0.4) is 0 Å².